The minimum atomic E-state index is -0.829. The van der Waals surface area contributed by atoms with Crippen molar-refractivity contribution in [2.45, 2.75) is 51.5 Å². The molecule has 1 aromatic rings. The number of hydrogen-bond donors (Lipinski definition) is 2. The molecule has 1 saturated carbocycles. The highest BCUT2D eigenvalue weighted by Gasteiger charge is 2.55. The number of likely N-dealkylation sites (N-methyl/N-ethyl adjacent to an activating group) is 1. The average Bonchev–Trinajstić information content (AvgIpc) is 3.07. The molecule has 0 aromatic carbocycles. The number of nitrogens with one attached hydrogen (secondary N) is 2. The van der Waals surface area contributed by atoms with Gasteiger partial charge in [-0.25, -0.2) is 4.79 Å². The fraction of sp³-hybridized carbons (Fsp3) is 0.556. The van der Waals surface area contributed by atoms with Crippen LogP contribution in [0.1, 0.15) is 54.0 Å². The van der Waals surface area contributed by atoms with Gasteiger partial charge in [-0.1, -0.05) is 19.3 Å². The summed E-state index contributed by atoms with van der Waals surface area (Å²) in [4.78, 5) is 52.0. The lowest BCUT2D eigenvalue weighted by atomic mass is 9.81. The van der Waals surface area contributed by atoms with E-state index in [4.69, 9.17) is 4.42 Å². The van der Waals surface area contributed by atoms with Crippen LogP contribution in [-0.2, 0) is 9.59 Å². The maximum Gasteiger partial charge on any atom is 0.327 e. The van der Waals surface area contributed by atoms with Crippen LogP contribution in [0.2, 0.25) is 0 Å². The van der Waals surface area contributed by atoms with E-state index in [1.807, 2.05) is 0 Å². The summed E-state index contributed by atoms with van der Waals surface area (Å²) in [6, 6.07) is 1.08. The Balaban J connectivity index is 1.60. The van der Waals surface area contributed by atoms with Crippen molar-refractivity contribution >= 4 is 23.8 Å². The molecule has 1 spiro atoms. The molecule has 2 fully saturated rings. The number of nitrogens with zero attached hydrogens (tertiary/aromatic N) is 2. The standard InChI is InChI=1S/C18H24N4O5/c1-11-9-13(12(2)27-11)15(24)20-19-14(23)10-22-16(25)18(21(3)17(22)26)7-5-4-6-8-18/h9H,4-8,10H2,1-3H3,(H,19,23)(H,20,24). The van der Waals surface area contributed by atoms with Crippen LogP contribution in [0, 0.1) is 13.8 Å². The normalized spacial score (nSPS) is 18.9. The SMILES string of the molecule is Cc1cc(C(=O)NNC(=O)CN2C(=O)N(C)C3(CCCCC3)C2=O)c(C)o1. The smallest absolute Gasteiger partial charge is 0.327 e. The summed E-state index contributed by atoms with van der Waals surface area (Å²) in [5.41, 5.74) is 4.00. The quantitative estimate of drug-likeness (QED) is 0.609. The largest absolute Gasteiger partial charge is 0.466 e. The van der Waals surface area contributed by atoms with Gasteiger partial charge in [0.05, 0.1) is 5.56 Å². The second-order valence-electron chi connectivity index (χ2n) is 7.15. The van der Waals surface area contributed by atoms with E-state index in [0.29, 0.717) is 29.9 Å². The van der Waals surface area contributed by atoms with Crippen molar-refractivity contribution in [3.8, 4) is 0 Å². The van der Waals surface area contributed by atoms with E-state index in [0.717, 1.165) is 24.2 Å². The Labute approximate surface area is 157 Å². The van der Waals surface area contributed by atoms with Gasteiger partial charge in [0, 0.05) is 7.05 Å². The second kappa shape index (κ2) is 7.05. The zero-order valence-electron chi connectivity index (χ0n) is 15.8. The molecule has 1 aliphatic carbocycles. The summed E-state index contributed by atoms with van der Waals surface area (Å²) in [7, 11) is 1.61. The van der Waals surface area contributed by atoms with E-state index in [1.54, 1.807) is 27.0 Å². The van der Waals surface area contributed by atoms with E-state index in [1.165, 1.54) is 4.90 Å². The maximum absolute atomic E-state index is 12.8. The summed E-state index contributed by atoms with van der Waals surface area (Å²) in [6.07, 6.45) is 4.02. The van der Waals surface area contributed by atoms with Gasteiger partial charge in [-0.3, -0.25) is 30.1 Å². The number of rotatable bonds is 3. The van der Waals surface area contributed by atoms with Crippen molar-refractivity contribution in [1.82, 2.24) is 20.7 Å². The van der Waals surface area contributed by atoms with Crippen LogP contribution in [0.3, 0.4) is 0 Å². The molecule has 2 aliphatic rings. The molecular weight excluding hydrogens is 352 g/mol. The lowest BCUT2D eigenvalue weighted by Gasteiger charge is -2.35. The van der Waals surface area contributed by atoms with Crippen LogP contribution >= 0.6 is 0 Å². The van der Waals surface area contributed by atoms with Gasteiger partial charge in [0.15, 0.2) is 0 Å². The molecule has 1 aromatic heterocycles. The van der Waals surface area contributed by atoms with Crippen molar-refractivity contribution in [3.05, 3.63) is 23.2 Å². The Hall–Kier alpha value is -2.84. The van der Waals surface area contributed by atoms with Gasteiger partial charge in [0.1, 0.15) is 23.6 Å². The van der Waals surface area contributed by atoms with Gasteiger partial charge in [0.2, 0.25) is 0 Å². The second-order valence-corrected chi connectivity index (χ2v) is 7.15. The topological polar surface area (TPSA) is 112 Å². The summed E-state index contributed by atoms with van der Waals surface area (Å²) in [5.74, 6) is -0.498. The van der Waals surface area contributed by atoms with Crippen molar-refractivity contribution in [2.24, 2.45) is 0 Å². The third kappa shape index (κ3) is 3.29. The fourth-order valence-electron chi connectivity index (χ4n) is 3.90. The first-order chi connectivity index (χ1) is 12.8. The highest BCUT2D eigenvalue weighted by atomic mass is 16.3. The van der Waals surface area contributed by atoms with Gasteiger partial charge in [-0.05, 0) is 32.8 Å². The number of furan rings is 1. The van der Waals surface area contributed by atoms with Gasteiger partial charge in [-0.2, -0.15) is 0 Å². The predicted molar refractivity (Wildman–Crippen MR) is 94.5 cm³/mol. The van der Waals surface area contributed by atoms with Crippen molar-refractivity contribution in [2.75, 3.05) is 13.6 Å². The van der Waals surface area contributed by atoms with Gasteiger partial charge < -0.3 is 9.32 Å². The first-order valence-corrected chi connectivity index (χ1v) is 9.02. The van der Waals surface area contributed by atoms with E-state index >= 15 is 0 Å². The molecule has 9 nitrogen and oxygen atoms in total. The number of hydrogen-bond acceptors (Lipinski definition) is 5. The highest BCUT2D eigenvalue weighted by Crippen LogP contribution is 2.39. The Bertz CT molecular complexity index is 794. The molecule has 1 aliphatic heterocycles. The van der Waals surface area contributed by atoms with Crippen molar-refractivity contribution in [3.63, 3.8) is 0 Å². The lowest BCUT2D eigenvalue weighted by Crippen LogP contribution is -2.50. The molecule has 0 atom stereocenters. The Morgan fingerprint density at radius 3 is 2.41 bits per heavy atom. The number of urea groups is 1. The Kier molecular flexibility index (Phi) is 4.95. The van der Waals surface area contributed by atoms with Crippen LogP contribution in [0.5, 0.6) is 0 Å². The number of amides is 5. The maximum atomic E-state index is 12.8. The first-order valence-electron chi connectivity index (χ1n) is 9.02. The monoisotopic (exact) mass is 376 g/mol. The third-order valence-corrected chi connectivity index (χ3v) is 5.39. The van der Waals surface area contributed by atoms with E-state index in [-0.39, 0.29) is 5.91 Å². The molecular formula is C18H24N4O5. The molecule has 0 unspecified atom stereocenters. The molecule has 0 bridgehead atoms. The molecule has 0 radical (unpaired) electrons. The number of aryl methyl sites for hydroxylation is 2. The van der Waals surface area contributed by atoms with Crippen LogP contribution in [0.4, 0.5) is 4.79 Å². The van der Waals surface area contributed by atoms with Crippen LogP contribution in [0.15, 0.2) is 10.5 Å². The summed E-state index contributed by atoms with van der Waals surface area (Å²) in [6.45, 7) is 2.92. The molecule has 2 heterocycles. The lowest BCUT2D eigenvalue weighted by molar-refractivity contribution is -0.137. The van der Waals surface area contributed by atoms with E-state index < -0.39 is 29.9 Å². The highest BCUT2D eigenvalue weighted by molar-refractivity contribution is 6.09. The molecule has 146 valence electrons. The molecule has 5 amide bonds. The Morgan fingerprint density at radius 1 is 1.15 bits per heavy atom. The Morgan fingerprint density at radius 2 is 1.81 bits per heavy atom. The zero-order valence-corrected chi connectivity index (χ0v) is 15.8. The van der Waals surface area contributed by atoms with Crippen molar-refractivity contribution < 1.29 is 23.6 Å². The summed E-state index contributed by atoms with van der Waals surface area (Å²) < 4.78 is 5.28. The van der Waals surface area contributed by atoms with E-state index in [2.05, 4.69) is 10.9 Å². The number of carbonyl (C=O) groups is 4. The van der Waals surface area contributed by atoms with Crippen LogP contribution in [-0.4, -0.2) is 52.7 Å². The van der Waals surface area contributed by atoms with Crippen molar-refractivity contribution in [1.29, 1.82) is 0 Å². The summed E-state index contributed by atoms with van der Waals surface area (Å²) >= 11 is 0. The third-order valence-electron chi connectivity index (χ3n) is 5.39. The van der Waals surface area contributed by atoms with Gasteiger partial charge in [-0.15, -0.1) is 0 Å². The molecule has 27 heavy (non-hydrogen) atoms. The number of hydrazine groups is 1. The summed E-state index contributed by atoms with van der Waals surface area (Å²) in [5, 5.41) is 0. The number of carbonyl (C=O) groups excluding carboxylic acids is 4. The molecule has 9 heteroatoms. The molecule has 1 saturated heterocycles. The minimum absolute atomic E-state index is 0.307. The van der Waals surface area contributed by atoms with Gasteiger partial charge in [0.25, 0.3) is 17.7 Å². The minimum Gasteiger partial charge on any atom is -0.466 e. The predicted octanol–water partition coefficient (Wildman–Crippen LogP) is 1.25. The molecule has 2 N–H and O–H groups in total. The first kappa shape index (κ1) is 18.9. The van der Waals surface area contributed by atoms with Crippen LogP contribution < -0.4 is 10.9 Å². The van der Waals surface area contributed by atoms with E-state index in [9.17, 15) is 19.2 Å². The number of imide groups is 1. The zero-order chi connectivity index (χ0) is 19.8. The van der Waals surface area contributed by atoms with Crippen LogP contribution in [0.25, 0.3) is 0 Å². The fourth-order valence-corrected chi connectivity index (χ4v) is 3.90. The molecule has 3 rings (SSSR count). The average molecular weight is 376 g/mol. The van der Waals surface area contributed by atoms with Gasteiger partial charge >= 0.3 is 6.03 Å².